The zero-order valence-corrected chi connectivity index (χ0v) is 24.2. The van der Waals surface area contributed by atoms with Crippen LogP contribution in [0.1, 0.15) is 124 Å². The Morgan fingerprint density at radius 1 is 1.08 bits per heavy atom. The van der Waals surface area contributed by atoms with Crippen molar-refractivity contribution >= 4 is 11.9 Å². The topological polar surface area (TPSA) is 93.1 Å². The highest BCUT2D eigenvalue weighted by atomic mass is 16.6. The zero-order valence-electron chi connectivity index (χ0n) is 24.2. The van der Waals surface area contributed by atoms with Crippen LogP contribution in [0.4, 0.5) is 0 Å². The lowest BCUT2D eigenvalue weighted by atomic mass is 9.46. The Balaban J connectivity index is 1.53. The summed E-state index contributed by atoms with van der Waals surface area (Å²) in [7, 11) is 0. The van der Waals surface area contributed by atoms with E-state index in [2.05, 4.69) is 20.4 Å². The fourth-order valence-corrected chi connectivity index (χ4v) is 7.54. The van der Waals surface area contributed by atoms with Crippen LogP contribution in [0.15, 0.2) is 23.5 Å². The van der Waals surface area contributed by atoms with Gasteiger partial charge in [0.1, 0.15) is 6.61 Å². The van der Waals surface area contributed by atoms with Crippen LogP contribution in [0.3, 0.4) is 0 Å². The van der Waals surface area contributed by atoms with Crippen molar-refractivity contribution in [3.8, 4) is 0 Å². The van der Waals surface area contributed by atoms with Crippen molar-refractivity contribution in [2.75, 3.05) is 13.2 Å². The zero-order chi connectivity index (χ0) is 27.8. The second kappa shape index (κ2) is 14.1. The number of carbonyl (C=O) groups is 2. The molecule has 0 bridgehead atoms. The molecule has 1 aliphatic heterocycles. The van der Waals surface area contributed by atoms with E-state index in [9.17, 15) is 19.8 Å². The van der Waals surface area contributed by atoms with E-state index in [1.807, 2.05) is 6.92 Å². The first-order valence-electron chi connectivity index (χ1n) is 15.2. The van der Waals surface area contributed by atoms with E-state index in [0.717, 1.165) is 38.5 Å². The number of carbonyl (C=O) groups excluding carboxylic acids is 2. The summed E-state index contributed by atoms with van der Waals surface area (Å²) in [5.41, 5.74) is 1.01. The third kappa shape index (κ3) is 7.10. The Labute approximate surface area is 230 Å². The summed E-state index contributed by atoms with van der Waals surface area (Å²) in [5.74, 6) is 0.0428. The number of ether oxygens (including phenoxy) is 2. The van der Waals surface area contributed by atoms with Crippen molar-refractivity contribution in [2.45, 2.75) is 130 Å². The van der Waals surface area contributed by atoms with Crippen molar-refractivity contribution in [1.29, 1.82) is 0 Å². The van der Waals surface area contributed by atoms with E-state index in [4.69, 9.17) is 9.47 Å². The second-order valence-electron chi connectivity index (χ2n) is 12.6. The monoisotopic (exact) mass is 532 g/mol. The maximum absolute atomic E-state index is 12.5. The van der Waals surface area contributed by atoms with Gasteiger partial charge in [-0.3, -0.25) is 4.79 Å². The Bertz CT molecular complexity index is 862. The molecule has 0 saturated heterocycles. The Hall–Kier alpha value is -1.66. The quantitative estimate of drug-likeness (QED) is 0.137. The lowest BCUT2D eigenvalue weighted by Crippen LogP contribution is -2.57. The van der Waals surface area contributed by atoms with Gasteiger partial charge in [0.2, 0.25) is 0 Å². The molecule has 0 aromatic rings. The van der Waals surface area contributed by atoms with Gasteiger partial charge in [-0.1, -0.05) is 84.3 Å². The molecular formula is C32H52O6. The number of aliphatic hydroxyl groups excluding tert-OH is 2. The number of hydrogen-bond donors (Lipinski definition) is 2. The smallest absolute Gasteiger partial charge is 0.338 e. The van der Waals surface area contributed by atoms with Crippen LogP contribution in [-0.2, 0) is 19.1 Å². The molecule has 0 unspecified atom stereocenters. The number of rotatable bonds is 15. The third-order valence-electron chi connectivity index (χ3n) is 10.0. The molecular weight excluding hydrogens is 480 g/mol. The van der Waals surface area contributed by atoms with E-state index in [1.54, 1.807) is 0 Å². The van der Waals surface area contributed by atoms with E-state index in [0.29, 0.717) is 37.0 Å². The summed E-state index contributed by atoms with van der Waals surface area (Å²) in [4.78, 5) is 25.0. The summed E-state index contributed by atoms with van der Waals surface area (Å²) in [5, 5.41) is 21.0. The average Bonchev–Trinajstić information content (AvgIpc) is 3.23. The van der Waals surface area contributed by atoms with Crippen LogP contribution >= 0.6 is 0 Å². The number of esters is 2. The van der Waals surface area contributed by atoms with Gasteiger partial charge in [-0.05, 0) is 62.2 Å². The maximum atomic E-state index is 12.5. The molecule has 3 aliphatic rings. The van der Waals surface area contributed by atoms with Gasteiger partial charge in [0.05, 0.1) is 18.3 Å². The molecule has 3 rings (SSSR count). The van der Waals surface area contributed by atoms with Gasteiger partial charge in [-0.25, -0.2) is 4.79 Å². The number of fused-ring (bicyclic) bond motifs is 1. The first-order chi connectivity index (χ1) is 18.2. The number of allylic oxidation sites excluding steroid dienone is 1. The van der Waals surface area contributed by atoms with Gasteiger partial charge in [0.25, 0.3) is 0 Å². The lowest BCUT2D eigenvalue weighted by molar-refractivity contribution is -0.152. The first kappa shape index (κ1) is 30.9. The van der Waals surface area contributed by atoms with Crippen LogP contribution in [0, 0.1) is 22.7 Å². The van der Waals surface area contributed by atoms with Crippen molar-refractivity contribution in [1.82, 2.24) is 0 Å². The number of hydrogen-bond acceptors (Lipinski definition) is 6. The molecule has 0 amide bonds. The van der Waals surface area contributed by atoms with Crippen molar-refractivity contribution < 1.29 is 29.3 Å². The van der Waals surface area contributed by atoms with Crippen molar-refractivity contribution in [3.63, 3.8) is 0 Å². The summed E-state index contributed by atoms with van der Waals surface area (Å²) in [6, 6.07) is 0. The molecule has 2 aliphatic carbocycles. The van der Waals surface area contributed by atoms with E-state index in [1.165, 1.54) is 44.1 Å². The fraction of sp³-hybridized carbons (Fsp3) is 0.812. The lowest BCUT2D eigenvalue weighted by Gasteiger charge is -2.60. The minimum atomic E-state index is -0.534. The Kier molecular flexibility index (Phi) is 11.5. The van der Waals surface area contributed by atoms with Gasteiger partial charge in [-0.15, -0.1) is 0 Å². The molecule has 6 heteroatoms. The fourth-order valence-electron chi connectivity index (χ4n) is 7.54. The highest BCUT2D eigenvalue weighted by molar-refractivity contribution is 5.91. The van der Waals surface area contributed by atoms with Crippen LogP contribution in [0.5, 0.6) is 0 Å². The summed E-state index contributed by atoms with van der Waals surface area (Å²) >= 11 is 0. The molecule has 0 radical (unpaired) electrons. The summed E-state index contributed by atoms with van der Waals surface area (Å²) in [6.07, 6.45) is 15.0. The largest absolute Gasteiger partial charge is 0.454 e. The highest BCUT2D eigenvalue weighted by Gasteiger charge is 2.57. The second-order valence-corrected chi connectivity index (χ2v) is 12.6. The summed E-state index contributed by atoms with van der Waals surface area (Å²) in [6.45, 7) is 10.9. The predicted molar refractivity (Wildman–Crippen MR) is 149 cm³/mol. The minimum Gasteiger partial charge on any atom is -0.454 e. The van der Waals surface area contributed by atoms with Crippen molar-refractivity contribution in [3.05, 3.63) is 23.5 Å². The first-order valence-corrected chi connectivity index (χ1v) is 15.2. The van der Waals surface area contributed by atoms with Gasteiger partial charge in [-0.2, -0.15) is 0 Å². The number of cyclic esters (lactones) is 1. The Morgan fingerprint density at radius 3 is 2.39 bits per heavy atom. The molecule has 2 fully saturated rings. The van der Waals surface area contributed by atoms with E-state index < -0.39 is 17.5 Å². The minimum absolute atomic E-state index is 0.0257. The van der Waals surface area contributed by atoms with Gasteiger partial charge < -0.3 is 19.7 Å². The predicted octanol–water partition coefficient (Wildman–Crippen LogP) is 6.78. The number of aliphatic hydroxyl groups is 2. The third-order valence-corrected chi connectivity index (χ3v) is 10.0. The maximum Gasteiger partial charge on any atom is 0.338 e. The average molecular weight is 533 g/mol. The summed E-state index contributed by atoms with van der Waals surface area (Å²) < 4.78 is 10.9. The van der Waals surface area contributed by atoms with Crippen LogP contribution in [-0.4, -0.2) is 41.5 Å². The van der Waals surface area contributed by atoms with Gasteiger partial charge in [0.15, 0.2) is 5.76 Å². The SMILES string of the molecule is C=C1CC[C@@H]2[C@](C)(CO)[C@H](O)CC[C@@]2(C)[C@@H]1CCC1=C(OC(=O)CCCCCCCCCCC)COC1=O. The Morgan fingerprint density at radius 2 is 1.74 bits per heavy atom. The molecule has 2 saturated carbocycles. The normalized spacial score (nSPS) is 31.3. The molecule has 38 heavy (non-hydrogen) atoms. The van der Waals surface area contributed by atoms with Crippen LogP contribution < -0.4 is 0 Å². The van der Waals surface area contributed by atoms with Gasteiger partial charge in [0, 0.05) is 11.8 Å². The van der Waals surface area contributed by atoms with E-state index in [-0.39, 0.29) is 36.4 Å². The molecule has 2 N–H and O–H groups in total. The molecule has 0 spiro atoms. The molecule has 1 heterocycles. The molecule has 0 aromatic carbocycles. The molecule has 216 valence electrons. The molecule has 0 aromatic heterocycles. The van der Waals surface area contributed by atoms with E-state index >= 15 is 0 Å². The molecule has 5 atom stereocenters. The van der Waals surface area contributed by atoms with Crippen molar-refractivity contribution in [2.24, 2.45) is 22.7 Å². The molecule has 6 nitrogen and oxygen atoms in total. The standard InChI is InChI=1S/C32H52O6/c1-5-6-7-8-9-10-11-12-13-14-29(35)38-26-21-37-30(36)24(26)16-17-25-23(2)15-18-27-31(25,3)20-19-28(34)32(27,4)22-33/h25,27-28,33-34H,2,5-22H2,1,3-4H3/t25-,27+,28-,31+,32+/m1/s1. The number of unbranched alkanes of at least 4 members (excludes halogenated alkanes) is 8. The highest BCUT2D eigenvalue weighted by Crippen LogP contribution is 2.61. The van der Waals surface area contributed by atoms with Gasteiger partial charge >= 0.3 is 11.9 Å². The van der Waals surface area contributed by atoms with Crippen LogP contribution in [0.25, 0.3) is 0 Å². The van der Waals surface area contributed by atoms with Crippen LogP contribution in [0.2, 0.25) is 0 Å².